The van der Waals surface area contributed by atoms with Crippen LogP contribution in [0.1, 0.15) is 24.0 Å². The first-order valence-corrected chi connectivity index (χ1v) is 4.76. The van der Waals surface area contributed by atoms with Crippen LogP contribution in [0.2, 0.25) is 0 Å². The summed E-state index contributed by atoms with van der Waals surface area (Å²) in [5.41, 5.74) is -0.812. The number of carboxylic acid groups (broad SMARTS) is 1. The Morgan fingerprint density at radius 3 is 2.41 bits per heavy atom. The molecule has 1 unspecified atom stereocenters. The van der Waals surface area contributed by atoms with Gasteiger partial charge >= 0.3 is 18.3 Å². The minimum Gasteiger partial charge on any atom is -0.481 e. The lowest BCUT2D eigenvalue weighted by atomic mass is 9.97. The molecule has 0 heterocycles. The summed E-state index contributed by atoms with van der Waals surface area (Å²) in [5.74, 6) is -6.50. The van der Waals surface area contributed by atoms with E-state index in [9.17, 15) is 22.4 Å². The number of aliphatic carboxylic acids is 1. The van der Waals surface area contributed by atoms with Gasteiger partial charge in [-0.05, 0) is 18.6 Å². The number of carboxylic acids is 1. The molecular weight excluding hydrogens is 240 g/mol. The molecule has 1 aromatic carbocycles. The quantitative estimate of drug-likeness (QED) is 0.833. The molecule has 1 atom stereocenters. The molecule has 0 saturated carbocycles. The van der Waals surface area contributed by atoms with E-state index in [4.69, 9.17) is 5.11 Å². The largest absolute Gasteiger partial charge is 0.481 e. The number of carbonyl (C=O) groups is 1. The fraction of sp³-hybridized carbons (Fsp3) is 0.364. The van der Waals surface area contributed by atoms with Crippen molar-refractivity contribution in [1.82, 2.24) is 0 Å². The van der Waals surface area contributed by atoms with Gasteiger partial charge in [0.1, 0.15) is 0 Å². The van der Waals surface area contributed by atoms with E-state index in [0.29, 0.717) is 0 Å². The maximum atomic E-state index is 13.0. The van der Waals surface area contributed by atoms with Crippen LogP contribution in [0.15, 0.2) is 24.3 Å². The highest BCUT2D eigenvalue weighted by molar-refractivity contribution is 5.75. The van der Waals surface area contributed by atoms with Crippen molar-refractivity contribution in [2.75, 3.05) is 0 Å². The van der Waals surface area contributed by atoms with Crippen molar-refractivity contribution < 1.29 is 27.5 Å². The number of rotatable bonds is 4. The van der Waals surface area contributed by atoms with Gasteiger partial charge in [-0.1, -0.05) is 18.2 Å². The second-order valence-electron chi connectivity index (χ2n) is 3.61. The second kappa shape index (κ2) is 4.73. The summed E-state index contributed by atoms with van der Waals surface area (Å²) in [4.78, 5) is 10.7. The van der Waals surface area contributed by atoms with Gasteiger partial charge in [0.25, 0.3) is 0 Å². The van der Waals surface area contributed by atoms with Crippen LogP contribution in [0.5, 0.6) is 0 Å². The number of hydrogen-bond donors (Lipinski definition) is 1. The monoisotopic (exact) mass is 250 g/mol. The zero-order valence-electron chi connectivity index (χ0n) is 8.83. The molecule has 2 nitrogen and oxygen atoms in total. The Hall–Kier alpha value is -1.59. The Kier molecular flexibility index (Phi) is 3.75. The minimum absolute atomic E-state index is 0.0651. The minimum atomic E-state index is -4.27. The highest BCUT2D eigenvalue weighted by Crippen LogP contribution is 2.35. The summed E-state index contributed by atoms with van der Waals surface area (Å²) in [7, 11) is 0. The Morgan fingerprint density at radius 1 is 1.35 bits per heavy atom. The zero-order valence-corrected chi connectivity index (χ0v) is 8.83. The van der Waals surface area contributed by atoms with E-state index in [1.165, 1.54) is 13.0 Å². The molecule has 6 heteroatoms. The summed E-state index contributed by atoms with van der Waals surface area (Å²) in [6.45, 7) is 1.29. The van der Waals surface area contributed by atoms with E-state index in [0.717, 1.165) is 18.2 Å². The molecule has 0 spiro atoms. The topological polar surface area (TPSA) is 37.3 Å². The summed E-state index contributed by atoms with van der Waals surface area (Å²) < 4.78 is 50.3. The molecule has 0 aliphatic rings. The Labute approximate surface area is 94.9 Å². The summed E-state index contributed by atoms with van der Waals surface area (Å²) in [6, 6.07) is 4.10. The Morgan fingerprint density at radius 2 is 1.94 bits per heavy atom. The molecule has 1 aromatic rings. The number of benzene rings is 1. The highest BCUT2D eigenvalue weighted by atomic mass is 19.3. The van der Waals surface area contributed by atoms with Crippen LogP contribution in [0.4, 0.5) is 17.6 Å². The van der Waals surface area contributed by atoms with Gasteiger partial charge < -0.3 is 5.11 Å². The van der Waals surface area contributed by atoms with Gasteiger partial charge in [0.15, 0.2) is 0 Å². The fourth-order valence-corrected chi connectivity index (χ4v) is 1.28. The van der Waals surface area contributed by atoms with Crippen molar-refractivity contribution in [1.29, 1.82) is 0 Å². The van der Waals surface area contributed by atoms with Crippen LogP contribution in [-0.4, -0.2) is 17.5 Å². The molecule has 17 heavy (non-hydrogen) atoms. The number of alkyl halides is 4. The maximum Gasteiger partial charge on any atom is 0.332 e. The normalized spacial score (nSPS) is 13.8. The molecule has 1 N–H and O–H groups in total. The lowest BCUT2D eigenvalue weighted by Gasteiger charge is -2.17. The van der Waals surface area contributed by atoms with Crippen molar-refractivity contribution in [3.63, 3.8) is 0 Å². The third kappa shape index (κ3) is 2.75. The van der Waals surface area contributed by atoms with Crippen LogP contribution in [0, 0.1) is 0 Å². The predicted molar refractivity (Wildman–Crippen MR) is 52.4 cm³/mol. The van der Waals surface area contributed by atoms with E-state index < -0.39 is 29.8 Å². The van der Waals surface area contributed by atoms with Crippen LogP contribution in [0.25, 0.3) is 0 Å². The second-order valence-corrected chi connectivity index (χ2v) is 3.61. The van der Waals surface area contributed by atoms with Gasteiger partial charge in [0.2, 0.25) is 0 Å². The average Bonchev–Trinajstić information content (AvgIpc) is 2.27. The standard InChI is InChI=1S/C11H10F4O2/c1-6(9(16)17)7-3-2-4-8(5-7)11(14,15)10(12)13/h2-6,10H,1H3,(H,16,17). The fourth-order valence-electron chi connectivity index (χ4n) is 1.28. The van der Waals surface area contributed by atoms with Gasteiger partial charge in [-0.2, -0.15) is 8.78 Å². The Bertz CT molecular complexity index is 418. The van der Waals surface area contributed by atoms with Crippen molar-refractivity contribution in [3.8, 4) is 0 Å². The molecule has 1 rings (SSSR count). The van der Waals surface area contributed by atoms with Crippen LogP contribution in [-0.2, 0) is 10.7 Å². The first-order chi connectivity index (χ1) is 7.76. The van der Waals surface area contributed by atoms with E-state index in [2.05, 4.69) is 0 Å². The predicted octanol–water partition coefficient (Wildman–Crippen LogP) is 3.23. The third-order valence-electron chi connectivity index (χ3n) is 2.42. The van der Waals surface area contributed by atoms with Crippen molar-refractivity contribution in [3.05, 3.63) is 35.4 Å². The zero-order chi connectivity index (χ0) is 13.2. The van der Waals surface area contributed by atoms with Gasteiger partial charge in [0.05, 0.1) is 5.92 Å². The molecule has 0 aliphatic carbocycles. The lowest BCUT2D eigenvalue weighted by molar-refractivity contribution is -0.138. The summed E-state index contributed by atoms with van der Waals surface area (Å²) in [5, 5.41) is 8.70. The highest BCUT2D eigenvalue weighted by Gasteiger charge is 2.42. The molecule has 94 valence electrons. The van der Waals surface area contributed by atoms with E-state index in [1.807, 2.05) is 0 Å². The average molecular weight is 250 g/mol. The van der Waals surface area contributed by atoms with Crippen LogP contribution >= 0.6 is 0 Å². The molecule has 0 amide bonds. The molecule has 0 aromatic heterocycles. The van der Waals surface area contributed by atoms with Gasteiger partial charge in [-0.15, -0.1) is 0 Å². The number of hydrogen-bond acceptors (Lipinski definition) is 1. The molecular formula is C11H10F4O2. The van der Waals surface area contributed by atoms with Crippen LogP contribution < -0.4 is 0 Å². The molecule has 0 fully saturated rings. The first kappa shape index (κ1) is 13.5. The van der Waals surface area contributed by atoms with Gasteiger partial charge in [-0.25, -0.2) is 8.78 Å². The molecule has 0 radical (unpaired) electrons. The first-order valence-electron chi connectivity index (χ1n) is 4.76. The molecule has 0 bridgehead atoms. The van der Waals surface area contributed by atoms with Gasteiger partial charge in [0, 0.05) is 5.56 Å². The summed E-state index contributed by atoms with van der Waals surface area (Å²) in [6.07, 6.45) is -3.82. The lowest BCUT2D eigenvalue weighted by Crippen LogP contribution is -2.23. The van der Waals surface area contributed by atoms with E-state index in [1.54, 1.807) is 0 Å². The van der Waals surface area contributed by atoms with Crippen molar-refractivity contribution >= 4 is 5.97 Å². The smallest absolute Gasteiger partial charge is 0.332 e. The third-order valence-corrected chi connectivity index (χ3v) is 2.42. The van der Waals surface area contributed by atoms with Crippen molar-refractivity contribution in [2.45, 2.75) is 25.2 Å². The Balaban J connectivity index is 3.14. The SMILES string of the molecule is CC(C(=O)O)c1cccc(C(F)(F)C(F)F)c1. The molecule has 0 aliphatic heterocycles. The summed E-state index contributed by atoms with van der Waals surface area (Å²) >= 11 is 0. The molecule has 0 saturated heterocycles. The van der Waals surface area contributed by atoms with E-state index >= 15 is 0 Å². The van der Waals surface area contributed by atoms with Crippen LogP contribution in [0.3, 0.4) is 0 Å². The van der Waals surface area contributed by atoms with Gasteiger partial charge in [-0.3, -0.25) is 4.79 Å². The van der Waals surface area contributed by atoms with E-state index in [-0.39, 0.29) is 5.56 Å². The maximum absolute atomic E-state index is 13.0. The number of halogens is 4. The van der Waals surface area contributed by atoms with Crippen molar-refractivity contribution in [2.24, 2.45) is 0 Å².